The molecule has 3 N–H and O–H groups in total. The Bertz CT molecular complexity index is 553. The summed E-state index contributed by atoms with van der Waals surface area (Å²) in [5.74, 6) is -0.208. The monoisotopic (exact) mass is 262 g/mol. The molecule has 18 heavy (non-hydrogen) atoms. The Hall–Kier alpha value is -1.79. The Labute approximate surface area is 109 Å². The van der Waals surface area contributed by atoms with Crippen LogP contribution in [0.25, 0.3) is 0 Å². The van der Waals surface area contributed by atoms with Crippen LogP contribution in [0.3, 0.4) is 0 Å². The van der Waals surface area contributed by atoms with Gasteiger partial charge >= 0.3 is 0 Å². The van der Waals surface area contributed by atoms with Crippen LogP contribution in [0.4, 0.5) is 5.69 Å². The molecule has 0 aliphatic heterocycles. The number of amides is 1. The molecule has 0 radical (unpaired) electrons. The van der Waals surface area contributed by atoms with Crippen LogP contribution in [0.2, 0.25) is 0 Å². The number of carbonyl (C=O) groups is 1. The molecular weight excluding hydrogens is 248 g/mol. The Morgan fingerprint density at radius 2 is 2.39 bits per heavy atom. The summed E-state index contributed by atoms with van der Waals surface area (Å²) >= 11 is 1.45. The highest BCUT2D eigenvalue weighted by molar-refractivity contribution is 7.09. The number of hydrogen-bond acceptors (Lipinski definition) is 5. The minimum atomic E-state index is -0.208. The second-order valence-corrected chi connectivity index (χ2v) is 4.75. The molecule has 2 aromatic heterocycles. The highest BCUT2D eigenvalue weighted by Gasteiger charge is 2.10. The molecule has 0 unspecified atom stereocenters. The standard InChI is InChI=1S/C12H14N4OS/c1-8-6-9(3-5-14-8)15-12(17)10-7-18-11(16-10)2-4-13/h3,5-7H,2,4,13H2,1H3,(H,14,15,17). The Balaban J connectivity index is 2.07. The average molecular weight is 262 g/mol. The van der Waals surface area contributed by atoms with Gasteiger partial charge in [-0.05, 0) is 25.6 Å². The molecule has 2 rings (SSSR count). The lowest BCUT2D eigenvalue weighted by molar-refractivity contribution is 0.102. The fourth-order valence-corrected chi connectivity index (χ4v) is 2.27. The average Bonchev–Trinajstić information content (AvgIpc) is 2.78. The van der Waals surface area contributed by atoms with Gasteiger partial charge in [-0.3, -0.25) is 9.78 Å². The van der Waals surface area contributed by atoms with Crippen molar-refractivity contribution in [3.8, 4) is 0 Å². The van der Waals surface area contributed by atoms with Crippen molar-refractivity contribution in [1.82, 2.24) is 9.97 Å². The Kier molecular flexibility index (Phi) is 4.01. The van der Waals surface area contributed by atoms with E-state index in [0.717, 1.165) is 16.4 Å². The first-order valence-electron chi connectivity index (χ1n) is 5.57. The number of aromatic nitrogens is 2. The van der Waals surface area contributed by atoms with E-state index >= 15 is 0 Å². The number of anilines is 1. The van der Waals surface area contributed by atoms with E-state index in [9.17, 15) is 4.79 Å². The normalized spacial score (nSPS) is 10.3. The summed E-state index contributed by atoms with van der Waals surface area (Å²) in [6.45, 7) is 2.41. The number of hydrogen-bond donors (Lipinski definition) is 2. The molecule has 0 bridgehead atoms. The number of aryl methyl sites for hydroxylation is 1. The van der Waals surface area contributed by atoms with Crippen LogP contribution >= 0.6 is 11.3 Å². The number of thiazole rings is 1. The molecule has 0 aliphatic carbocycles. The molecular formula is C12H14N4OS. The zero-order valence-electron chi connectivity index (χ0n) is 10.0. The summed E-state index contributed by atoms with van der Waals surface area (Å²) in [6, 6.07) is 3.56. The quantitative estimate of drug-likeness (QED) is 0.877. The van der Waals surface area contributed by atoms with E-state index in [1.807, 2.05) is 13.0 Å². The molecule has 0 spiro atoms. The maximum Gasteiger partial charge on any atom is 0.275 e. The summed E-state index contributed by atoms with van der Waals surface area (Å²) in [5, 5.41) is 5.42. The first kappa shape index (κ1) is 12.7. The molecule has 94 valence electrons. The van der Waals surface area contributed by atoms with Crippen LogP contribution in [-0.4, -0.2) is 22.4 Å². The van der Waals surface area contributed by atoms with Gasteiger partial charge in [0.25, 0.3) is 5.91 Å². The van der Waals surface area contributed by atoms with Gasteiger partial charge in [-0.2, -0.15) is 0 Å². The van der Waals surface area contributed by atoms with Crippen LogP contribution in [0.5, 0.6) is 0 Å². The second-order valence-electron chi connectivity index (χ2n) is 3.81. The van der Waals surface area contributed by atoms with Crippen molar-refractivity contribution in [2.45, 2.75) is 13.3 Å². The lowest BCUT2D eigenvalue weighted by Gasteiger charge is -2.03. The van der Waals surface area contributed by atoms with Crippen LogP contribution in [0.1, 0.15) is 21.2 Å². The first-order valence-corrected chi connectivity index (χ1v) is 6.45. The van der Waals surface area contributed by atoms with E-state index < -0.39 is 0 Å². The topological polar surface area (TPSA) is 80.9 Å². The number of carbonyl (C=O) groups excluding carboxylic acids is 1. The van der Waals surface area contributed by atoms with Gasteiger partial charge in [0.2, 0.25) is 0 Å². The van der Waals surface area contributed by atoms with E-state index in [4.69, 9.17) is 5.73 Å². The SMILES string of the molecule is Cc1cc(NC(=O)c2csc(CCN)n2)ccn1. The van der Waals surface area contributed by atoms with Gasteiger partial charge < -0.3 is 11.1 Å². The minimum absolute atomic E-state index is 0.208. The van der Waals surface area contributed by atoms with Crippen molar-refractivity contribution in [3.63, 3.8) is 0 Å². The molecule has 2 aromatic rings. The van der Waals surface area contributed by atoms with E-state index in [-0.39, 0.29) is 5.91 Å². The number of pyridine rings is 1. The van der Waals surface area contributed by atoms with Gasteiger partial charge in [-0.15, -0.1) is 11.3 Å². The summed E-state index contributed by atoms with van der Waals surface area (Å²) in [5.41, 5.74) is 7.45. The van der Waals surface area contributed by atoms with Crippen molar-refractivity contribution >= 4 is 22.9 Å². The summed E-state index contributed by atoms with van der Waals surface area (Å²) in [6.07, 6.45) is 2.36. The third-order valence-corrected chi connectivity index (χ3v) is 3.21. The first-order chi connectivity index (χ1) is 8.69. The summed E-state index contributed by atoms with van der Waals surface area (Å²) in [7, 11) is 0. The second kappa shape index (κ2) is 5.70. The van der Waals surface area contributed by atoms with Gasteiger partial charge in [0.15, 0.2) is 0 Å². The van der Waals surface area contributed by atoms with Gasteiger partial charge in [0, 0.05) is 29.4 Å². The smallest absolute Gasteiger partial charge is 0.275 e. The molecule has 2 heterocycles. The third-order valence-electron chi connectivity index (χ3n) is 2.30. The van der Waals surface area contributed by atoms with Crippen LogP contribution in [0.15, 0.2) is 23.7 Å². The number of nitrogens with two attached hydrogens (primary N) is 1. The zero-order valence-corrected chi connectivity index (χ0v) is 10.8. The molecule has 5 nitrogen and oxygen atoms in total. The fraction of sp³-hybridized carbons (Fsp3) is 0.250. The third kappa shape index (κ3) is 3.12. The summed E-state index contributed by atoms with van der Waals surface area (Å²) < 4.78 is 0. The van der Waals surface area contributed by atoms with Crippen LogP contribution < -0.4 is 11.1 Å². The fourth-order valence-electron chi connectivity index (χ4n) is 1.47. The predicted molar refractivity (Wildman–Crippen MR) is 71.8 cm³/mol. The van der Waals surface area contributed by atoms with E-state index in [1.165, 1.54) is 11.3 Å². The lowest BCUT2D eigenvalue weighted by Crippen LogP contribution is -2.13. The minimum Gasteiger partial charge on any atom is -0.330 e. The highest BCUT2D eigenvalue weighted by atomic mass is 32.1. The maximum atomic E-state index is 11.9. The van der Waals surface area contributed by atoms with Gasteiger partial charge in [0.1, 0.15) is 5.69 Å². The molecule has 1 amide bonds. The Morgan fingerprint density at radius 1 is 1.56 bits per heavy atom. The largest absolute Gasteiger partial charge is 0.330 e. The van der Waals surface area contributed by atoms with Crippen molar-refractivity contribution in [2.24, 2.45) is 5.73 Å². The van der Waals surface area contributed by atoms with Crippen molar-refractivity contribution in [2.75, 3.05) is 11.9 Å². The maximum absolute atomic E-state index is 11.9. The van der Waals surface area contributed by atoms with E-state index in [1.54, 1.807) is 17.6 Å². The van der Waals surface area contributed by atoms with Crippen molar-refractivity contribution in [3.05, 3.63) is 40.1 Å². The Morgan fingerprint density at radius 3 is 3.11 bits per heavy atom. The van der Waals surface area contributed by atoms with E-state index in [2.05, 4.69) is 15.3 Å². The van der Waals surface area contributed by atoms with Crippen molar-refractivity contribution in [1.29, 1.82) is 0 Å². The zero-order chi connectivity index (χ0) is 13.0. The molecule has 0 saturated carbocycles. The van der Waals surface area contributed by atoms with Crippen molar-refractivity contribution < 1.29 is 4.79 Å². The summed E-state index contributed by atoms with van der Waals surface area (Å²) in [4.78, 5) is 20.2. The lowest BCUT2D eigenvalue weighted by atomic mass is 10.3. The predicted octanol–water partition coefficient (Wildman–Crippen LogP) is 1.60. The number of nitrogens with zero attached hydrogens (tertiary/aromatic N) is 2. The van der Waals surface area contributed by atoms with E-state index in [0.29, 0.717) is 18.7 Å². The molecule has 0 saturated heterocycles. The van der Waals surface area contributed by atoms with Gasteiger partial charge in [-0.1, -0.05) is 0 Å². The number of rotatable bonds is 4. The molecule has 0 aromatic carbocycles. The molecule has 0 aliphatic rings. The van der Waals surface area contributed by atoms with Crippen LogP contribution in [-0.2, 0) is 6.42 Å². The van der Waals surface area contributed by atoms with Gasteiger partial charge in [-0.25, -0.2) is 4.98 Å². The number of nitrogens with one attached hydrogen (secondary N) is 1. The molecule has 6 heteroatoms. The molecule has 0 fully saturated rings. The molecule has 0 atom stereocenters. The van der Waals surface area contributed by atoms with Crippen LogP contribution in [0, 0.1) is 6.92 Å². The van der Waals surface area contributed by atoms with Gasteiger partial charge in [0.05, 0.1) is 5.01 Å². The highest BCUT2D eigenvalue weighted by Crippen LogP contribution is 2.13.